The van der Waals surface area contributed by atoms with Crippen molar-refractivity contribution >= 4 is 11.0 Å². The molecule has 20 heavy (non-hydrogen) atoms. The van der Waals surface area contributed by atoms with E-state index in [-0.39, 0.29) is 11.7 Å². The fourth-order valence-electron chi connectivity index (χ4n) is 2.75. The van der Waals surface area contributed by atoms with E-state index in [0.717, 1.165) is 37.2 Å². The lowest BCUT2D eigenvalue weighted by Gasteiger charge is -2.24. The normalized spacial score (nSPS) is 21.1. The molecule has 0 amide bonds. The van der Waals surface area contributed by atoms with Gasteiger partial charge in [-0.25, -0.2) is 4.79 Å². The predicted octanol–water partition coefficient (Wildman–Crippen LogP) is 1.93. The number of hydrogen-bond acceptors (Lipinski definition) is 3. The average Bonchev–Trinajstić information content (AvgIpc) is 2.85. The third kappa shape index (κ3) is 2.94. The number of hydrogen-bond donors (Lipinski definition) is 3. The van der Waals surface area contributed by atoms with E-state index < -0.39 is 0 Å². The Hall–Kier alpha value is -1.59. The highest BCUT2D eigenvalue weighted by atomic mass is 16.5. The van der Waals surface area contributed by atoms with Gasteiger partial charge in [-0.2, -0.15) is 0 Å². The van der Waals surface area contributed by atoms with Crippen LogP contribution in [0.4, 0.5) is 0 Å². The van der Waals surface area contributed by atoms with Crippen molar-refractivity contribution < 1.29 is 4.74 Å². The largest absolute Gasteiger partial charge is 0.381 e. The summed E-state index contributed by atoms with van der Waals surface area (Å²) in [6.45, 7) is 4.89. The van der Waals surface area contributed by atoms with Crippen LogP contribution in [-0.2, 0) is 4.74 Å². The molecule has 1 fully saturated rings. The van der Waals surface area contributed by atoms with Crippen LogP contribution in [0, 0.1) is 5.92 Å². The number of H-pyrrole nitrogens is 2. The topological polar surface area (TPSA) is 69.9 Å². The van der Waals surface area contributed by atoms with Gasteiger partial charge in [-0.15, -0.1) is 0 Å². The summed E-state index contributed by atoms with van der Waals surface area (Å²) in [5.41, 5.74) is 2.75. The zero-order chi connectivity index (χ0) is 13.9. The molecule has 0 radical (unpaired) electrons. The van der Waals surface area contributed by atoms with Gasteiger partial charge >= 0.3 is 5.69 Å². The molecule has 1 aromatic carbocycles. The first kappa shape index (κ1) is 13.4. The number of rotatable bonds is 4. The first-order chi connectivity index (χ1) is 9.72. The van der Waals surface area contributed by atoms with E-state index in [1.54, 1.807) is 0 Å². The molecule has 5 heteroatoms. The van der Waals surface area contributed by atoms with E-state index in [1.165, 1.54) is 12.0 Å². The quantitative estimate of drug-likeness (QED) is 0.798. The number of aromatic nitrogens is 2. The first-order valence-corrected chi connectivity index (χ1v) is 7.25. The van der Waals surface area contributed by atoms with Gasteiger partial charge < -0.3 is 20.0 Å². The molecule has 0 spiro atoms. The minimum Gasteiger partial charge on any atom is -0.381 e. The Bertz CT molecular complexity index is 625. The highest BCUT2D eigenvalue weighted by Crippen LogP contribution is 2.18. The van der Waals surface area contributed by atoms with Gasteiger partial charge in [-0.05, 0) is 43.4 Å². The van der Waals surface area contributed by atoms with Crippen LogP contribution >= 0.6 is 0 Å². The predicted molar refractivity (Wildman–Crippen MR) is 78.9 cm³/mol. The SMILES string of the molecule is CC(NCC1CCCOC1)c1ccc2[nH]c(=O)[nH]c2c1. The lowest BCUT2D eigenvalue weighted by atomic mass is 10.0. The zero-order valence-corrected chi connectivity index (χ0v) is 11.7. The Morgan fingerprint density at radius 1 is 1.40 bits per heavy atom. The van der Waals surface area contributed by atoms with Crippen molar-refractivity contribution in [2.24, 2.45) is 5.92 Å². The van der Waals surface area contributed by atoms with E-state index in [4.69, 9.17) is 4.74 Å². The van der Waals surface area contributed by atoms with Gasteiger partial charge in [0.25, 0.3) is 0 Å². The molecule has 1 aliphatic heterocycles. The number of benzene rings is 1. The van der Waals surface area contributed by atoms with Crippen LogP contribution in [0.3, 0.4) is 0 Å². The lowest BCUT2D eigenvalue weighted by molar-refractivity contribution is 0.0540. The number of imidazole rings is 1. The van der Waals surface area contributed by atoms with Crippen molar-refractivity contribution in [1.82, 2.24) is 15.3 Å². The van der Waals surface area contributed by atoms with E-state index in [1.807, 2.05) is 12.1 Å². The van der Waals surface area contributed by atoms with Crippen molar-refractivity contribution in [2.45, 2.75) is 25.8 Å². The highest BCUT2D eigenvalue weighted by molar-refractivity contribution is 5.75. The standard InChI is InChI=1S/C15H21N3O2/c1-10(16-8-11-3-2-6-20-9-11)12-4-5-13-14(7-12)18-15(19)17-13/h4-5,7,10-11,16H,2-3,6,8-9H2,1H3,(H2,17,18,19). The molecule has 1 aromatic heterocycles. The van der Waals surface area contributed by atoms with Crippen molar-refractivity contribution in [3.63, 3.8) is 0 Å². The molecule has 2 atom stereocenters. The number of aromatic amines is 2. The van der Waals surface area contributed by atoms with Crippen molar-refractivity contribution in [3.05, 3.63) is 34.2 Å². The average molecular weight is 275 g/mol. The van der Waals surface area contributed by atoms with E-state index in [2.05, 4.69) is 28.3 Å². The van der Waals surface area contributed by atoms with Gasteiger partial charge in [0.05, 0.1) is 17.6 Å². The van der Waals surface area contributed by atoms with Gasteiger partial charge in [-0.1, -0.05) is 6.07 Å². The summed E-state index contributed by atoms with van der Waals surface area (Å²) in [4.78, 5) is 16.8. The second kappa shape index (κ2) is 5.81. The van der Waals surface area contributed by atoms with E-state index in [9.17, 15) is 4.79 Å². The molecule has 108 valence electrons. The molecule has 5 nitrogen and oxygen atoms in total. The molecule has 2 unspecified atom stereocenters. The summed E-state index contributed by atoms with van der Waals surface area (Å²) < 4.78 is 5.50. The van der Waals surface area contributed by atoms with Gasteiger partial charge in [-0.3, -0.25) is 0 Å². The molecular weight excluding hydrogens is 254 g/mol. The maximum Gasteiger partial charge on any atom is 0.323 e. The Morgan fingerprint density at radius 2 is 2.25 bits per heavy atom. The molecule has 2 heterocycles. The summed E-state index contributed by atoms with van der Waals surface area (Å²) in [7, 11) is 0. The fourth-order valence-corrected chi connectivity index (χ4v) is 2.75. The van der Waals surface area contributed by atoms with Crippen LogP contribution in [0.25, 0.3) is 11.0 Å². The summed E-state index contributed by atoms with van der Waals surface area (Å²) >= 11 is 0. The molecule has 3 rings (SSSR count). The Labute approximate surface area is 117 Å². The Kier molecular flexibility index (Phi) is 3.89. The van der Waals surface area contributed by atoms with Crippen LogP contribution in [0.5, 0.6) is 0 Å². The lowest BCUT2D eigenvalue weighted by Crippen LogP contribution is -2.30. The number of ether oxygens (including phenoxy) is 1. The summed E-state index contributed by atoms with van der Waals surface area (Å²) in [6.07, 6.45) is 2.40. The summed E-state index contributed by atoms with van der Waals surface area (Å²) in [5, 5.41) is 3.56. The third-order valence-corrected chi connectivity index (χ3v) is 4.01. The first-order valence-electron chi connectivity index (χ1n) is 7.25. The second-order valence-electron chi connectivity index (χ2n) is 5.60. The molecule has 0 aliphatic carbocycles. The van der Waals surface area contributed by atoms with Crippen LogP contribution in [-0.4, -0.2) is 29.7 Å². The van der Waals surface area contributed by atoms with Gasteiger partial charge in [0.2, 0.25) is 0 Å². The van der Waals surface area contributed by atoms with E-state index in [0.29, 0.717) is 5.92 Å². The zero-order valence-electron chi connectivity index (χ0n) is 11.7. The molecule has 3 N–H and O–H groups in total. The van der Waals surface area contributed by atoms with Crippen molar-refractivity contribution in [1.29, 1.82) is 0 Å². The maximum absolute atomic E-state index is 11.3. The second-order valence-corrected chi connectivity index (χ2v) is 5.60. The summed E-state index contributed by atoms with van der Waals surface area (Å²) in [5.74, 6) is 0.613. The van der Waals surface area contributed by atoms with Crippen LogP contribution in [0.15, 0.2) is 23.0 Å². The molecule has 0 bridgehead atoms. The third-order valence-electron chi connectivity index (χ3n) is 4.01. The van der Waals surface area contributed by atoms with Crippen LogP contribution in [0.2, 0.25) is 0 Å². The molecule has 2 aromatic rings. The molecule has 1 saturated heterocycles. The van der Waals surface area contributed by atoms with Crippen LogP contribution in [0.1, 0.15) is 31.4 Å². The van der Waals surface area contributed by atoms with Gasteiger partial charge in [0.15, 0.2) is 0 Å². The summed E-state index contributed by atoms with van der Waals surface area (Å²) in [6, 6.07) is 6.30. The molecule has 0 saturated carbocycles. The van der Waals surface area contributed by atoms with E-state index >= 15 is 0 Å². The van der Waals surface area contributed by atoms with Crippen LogP contribution < -0.4 is 11.0 Å². The monoisotopic (exact) mass is 275 g/mol. The number of nitrogens with one attached hydrogen (secondary N) is 3. The fraction of sp³-hybridized carbons (Fsp3) is 0.533. The highest BCUT2D eigenvalue weighted by Gasteiger charge is 2.15. The Morgan fingerprint density at radius 3 is 3.05 bits per heavy atom. The van der Waals surface area contributed by atoms with Gasteiger partial charge in [0.1, 0.15) is 0 Å². The van der Waals surface area contributed by atoms with Crippen molar-refractivity contribution in [3.8, 4) is 0 Å². The Balaban J connectivity index is 1.65. The smallest absolute Gasteiger partial charge is 0.323 e. The van der Waals surface area contributed by atoms with Crippen molar-refractivity contribution in [2.75, 3.05) is 19.8 Å². The van der Waals surface area contributed by atoms with Gasteiger partial charge in [0, 0.05) is 19.2 Å². The molecule has 1 aliphatic rings. The number of fused-ring (bicyclic) bond motifs is 1. The minimum atomic E-state index is -0.155. The molecular formula is C15H21N3O2. The maximum atomic E-state index is 11.3. The minimum absolute atomic E-state index is 0.155.